The lowest BCUT2D eigenvalue weighted by molar-refractivity contribution is 0.0697. The zero-order valence-corrected chi connectivity index (χ0v) is 28.1. The molecule has 262 valence electrons. The van der Waals surface area contributed by atoms with Crippen molar-refractivity contribution in [1.82, 2.24) is 40.5 Å². The van der Waals surface area contributed by atoms with Crippen LogP contribution < -0.4 is 27.4 Å². The number of aromatic carboxylic acids is 1. The number of carbonyl (C=O) groups excluding carboxylic acids is 3. The molecule has 2 fully saturated rings. The second-order valence-corrected chi connectivity index (χ2v) is 12.5. The molecule has 0 spiro atoms. The third kappa shape index (κ3) is 8.04. The zero-order valence-electron chi connectivity index (χ0n) is 28.1. The highest BCUT2D eigenvalue weighted by molar-refractivity contribution is 5.99. The van der Waals surface area contributed by atoms with Gasteiger partial charge < -0.3 is 32.5 Å². The maximum Gasteiger partial charge on any atom is 0.341 e. The highest BCUT2D eigenvalue weighted by atomic mass is 16.4. The molecule has 3 amide bonds. The SMILES string of the molecule is Cc1ccc(C(=O)NC2CC2)cc1-n1ncc(C(=O)NCc2ccccn2)c1N.Cc1ccc(C(=O)NC2CC2)cc1-n1ncc(C(=O)O)c1N. The number of hydrogen-bond acceptors (Lipinski definition) is 9. The van der Waals surface area contributed by atoms with Gasteiger partial charge in [-0.1, -0.05) is 18.2 Å². The number of aromatic nitrogens is 5. The molecular formula is C36H38N10O5. The maximum absolute atomic E-state index is 12.5. The van der Waals surface area contributed by atoms with Crippen molar-refractivity contribution >= 4 is 35.3 Å². The third-order valence-electron chi connectivity index (χ3n) is 8.47. The summed E-state index contributed by atoms with van der Waals surface area (Å²) in [5.41, 5.74) is 17.0. The first-order valence-electron chi connectivity index (χ1n) is 16.4. The van der Waals surface area contributed by atoms with Gasteiger partial charge in [0.2, 0.25) is 0 Å². The van der Waals surface area contributed by atoms with Gasteiger partial charge in [0.1, 0.15) is 22.8 Å². The second-order valence-electron chi connectivity index (χ2n) is 12.5. The highest BCUT2D eigenvalue weighted by Gasteiger charge is 2.26. The number of rotatable bonds is 10. The molecule has 0 unspecified atom stereocenters. The van der Waals surface area contributed by atoms with Crippen molar-refractivity contribution in [2.75, 3.05) is 11.5 Å². The maximum atomic E-state index is 12.5. The van der Waals surface area contributed by atoms with Crippen LogP contribution in [0, 0.1) is 13.8 Å². The predicted molar refractivity (Wildman–Crippen MR) is 189 cm³/mol. The Morgan fingerprint density at radius 1 is 0.745 bits per heavy atom. The molecule has 2 aliphatic rings. The third-order valence-corrected chi connectivity index (χ3v) is 8.47. The van der Waals surface area contributed by atoms with E-state index < -0.39 is 5.97 Å². The molecule has 8 N–H and O–H groups in total. The van der Waals surface area contributed by atoms with Gasteiger partial charge in [-0.15, -0.1) is 0 Å². The van der Waals surface area contributed by atoms with Crippen molar-refractivity contribution in [3.63, 3.8) is 0 Å². The minimum absolute atomic E-state index is 0.0374. The molecule has 2 aromatic carbocycles. The number of pyridine rings is 1. The predicted octanol–water partition coefficient (Wildman–Crippen LogP) is 3.33. The molecule has 0 aliphatic heterocycles. The van der Waals surface area contributed by atoms with Crippen LogP contribution in [0.2, 0.25) is 0 Å². The van der Waals surface area contributed by atoms with E-state index in [0.29, 0.717) is 29.0 Å². The average molecular weight is 691 g/mol. The van der Waals surface area contributed by atoms with Crippen LogP contribution in [0.3, 0.4) is 0 Å². The number of nitrogen functional groups attached to an aromatic ring is 2. The monoisotopic (exact) mass is 690 g/mol. The largest absolute Gasteiger partial charge is 0.477 e. The van der Waals surface area contributed by atoms with E-state index in [-0.39, 0.29) is 52.6 Å². The van der Waals surface area contributed by atoms with Crippen molar-refractivity contribution < 1.29 is 24.3 Å². The Morgan fingerprint density at radius 2 is 1.25 bits per heavy atom. The molecule has 51 heavy (non-hydrogen) atoms. The highest BCUT2D eigenvalue weighted by Crippen LogP contribution is 2.25. The summed E-state index contributed by atoms with van der Waals surface area (Å²) in [4.78, 5) is 52.3. The molecule has 3 heterocycles. The molecule has 2 saturated carbocycles. The summed E-state index contributed by atoms with van der Waals surface area (Å²) in [6.45, 7) is 4.04. The Hall–Kier alpha value is -6.51. The average Bonchev–Trinajstić information content (AvgIpc) is 4.05. The minimum atomic E-state index is -1.14. The molecule has 0 bridgehead atoms. The summed E-state index contributed by atoms with van der Waals surface area (Å²) >= 11 is 0. The van der Waals surface area contributed by atoms with E-state index in [0.717, 1.165) is 42.5 Å². The number of nitrogens with zero attached hydrogens (tertiary/aromatic N) is 5. The Bertz CT molecular complexity index is 2120. The fraction of sp³-hybridized carbons (Fsp3) is 0.250. The van der Waals surface area contributed by atoms with E-state index in [1.807, 2.05) is 38.1 Å². The van der Waals surface area contributed by atoms with Gasteiger partial charge in [0.05, 0.1) is 36.0 Å². The number of anilines is 2. The number of nitrogens with two attached hydrogens (primary N) is 2. The van der Waals surface area contributed by atoms with Crippen LogP contribution in [-0.4, -0.2) is 65.4 Å². The molecule has 2 aliphatic carbocycles. The lowest BCUT2D eigenvalue weighted by Gasteiger charge is -2.11. The zero-order chi connectivity index (χ0) is 36.2. The van der Waals surface area contributed by atoms with Crippen LogP contribution >= 0.6 is 0 Å². The Morgan fingerprint density at radius 3 is 1.71 bits per heavy atom. The molecule has 15 nitrogen and oxygen atoms in total. The summed E-state index contributed by atoms with van der Waals surface area (Å²) in [6, 6.07) is 16.6. The Labute approximate surface area is 293 Å². The normalized spacial score (nSPS) is 13.5. The lowest BCUT2D eigenvalue weighted by Crippen LogP contribution is -2.25. The number of aryl methyl sites for hydroxylation is 2. The van der Waals surface area contributed by atoms with E-state index in [9.17, 15) is 19.2 Å². The number of carboxylic acids is 1. The molecule has 0 saturated heterocycles. The molecular weight excluding hydrogens is 652 g/mol. The quantitative estimate of drug-likeness (QED) is 0.125. The molecule has 5 aromatic rings. The molecule has 15 heteroatoms. The van der Waals surface area contributed by atoms with E-state index in [4.69, 9.17) is 16.6 Å². The summed E-state index contributed by atoms with van der Waals surface area (Å²) in [7, 11) is 0. The van der Waals surface area contributed by atoms with E-state index in [2.05, 4.69) is 31.1 Å². The number of nitrogens with one attached hydrogen (secondary N) is 3. The lowest BCUT2D eigenvalue weighted by atomic mass is 10.1. The Kier molecular flexibility index (Phi) is 9.79. The van der Waals surface area contributed by atoms with E-state index in [1.165, 1.54) is 21.8 Å². The number of amides is 3. The number of benzene rings is 2. The van der Waals surface area contributed by atoms with Gasteiger partial charge >= 0.3 is 5.97 Å². The van der Waals surface area contributed by atoms with Crippen molar-refractivity contribution in [2.45, 2.75) is 58.2 Å². The second kappa shape index (κ2) is 14.5. The van der Waals surface area contributed by atoms with Gasteiger partial charge in [-0.05, 0) is 87.1 Å². The number of carbonyl (C=O) groups is 4. The van der Waals surface area contributed by atoms with Crippen molar-refractivity contribution in [3.05, 3.63) is 112 Å². The summed E-state index contributed by atoms with van der Waals surface area (Å²) in [5.74, 6) is -1.48. The van der Waals surface area contributed by atoms with Crippen LogP contribution in [-0.2, 0) is 6.54 Å². The van der Waals surface area contributed by atoms with Gasteiger partial charge in [0, 0.05) is 29.4 Å². The van der Waals surface area contributed by atoms with Crippen LogP contribution in [0.5, 0.6) is 0 Å². The fourth-order valence-electron chi connectivity index (χ4n) is 5.16. The topological polar surface area (TPSA) is 225 Å². The summed E-state index contributed by atoms with van der Waals surface area (Å²) in [6.07, 6.45) is 8.37. The van der Waals surface area contributed by atoms with Crippen LogP contribution in [0.4, 0.5) is 11.6 Å². The number of carboxylic acid groups (broad SMARTS) is 1. The van der Waals surface area contributed by atoms with E-state index >= 15 is 0 Å². The van der Waals surface area contributed by atoms with Gasteiger partial charge in [-0.25, -0.2) is 14.2 Å². The van der Waals surface area contributed by atoms with E-state index in [1.54, 1.807) is 36.5 Å². The van der Waals surface area contributed by atoms with Crippen LogP contribution in [0.15, 0.2) is 73.2 Å². The van der Waals surface area contributed by atoms with Crippen LogP contribution in [0.1, 0.15) is 83.9 Å². The van der Waals surface area contributed by atoms with Gasteiger partial charge in [0.25, 0.3) is 17.7 Å². The molecule has 3 aromatic heterocycles. The van der Waals surface area contributed by atoms with Crippen molar-refractivity contribution in [1.29, 1.82) is 0 Å². The van der Waals surface area contributed by atoms with Gasteiger partial charge in [-0.2, -0.15) is 10.2 Å². The van der Waals surface area contributed by atoms with Gasteiger partial charge in [-0.3, -0.25) is 19.4 Å². The standard InChI is InChI=1S/C21H22N6O2.C15H16N4O3/c1-13-5-6-14(20(28)26-15-7-8-15)10-18(13)27-19(22)17(12-25-27)21(29)24-11-16-4-2-3-9-23-16;1-8-2-3-9(14(20)18-10-4-5-10)6-12(8)19-13(16)11(7-17-19)15(21)22/h2-6,9-10,12,15H,7-8,11,22H2,1H3,(H,24,29)(H,26,28);2-3,6-7,10H,4-5,16H2,1H3,(H,18,20)(H,21,22). The first kappa shape index (κ1) is 34.4. The molecule has 7 rings (SSSR count). The fourth-order valence-corrected chi connectivity index (χ4v) is 5.16. The van der Waals surface area contributed by atoms with Crippen LogP contribution in [0.25, 0.3) is 11.4 Å². The first-order valence-corrected chi connectivity index (χ1v) is 16.4. The molecule has 0 atom stereocenters. The first-order chi connectivity index (χ1) is 24.5. The molecule has 0 radical (unpaired) electrons. The number of hydrogen-bond donors (Lipinski definition) is 6. The smallest absolute Gasteiger partial charge is 0.341 e. The Balaban J connectivity index is 0.000000183. The minimum Gasteiger partial charge on any atom is -0.477 e. The van der Waals surface area contributed by atoms with Crippen molar-refractivity contribution in [3.8, 4) is 11.4 Å². The van der Waals surface area contributed by atoms with Crippen molar-refractivity contribution in [2.24, 2.45) is 0 Å². The summed E-state index contributed by atoms with van der Waals surface area (Å²) < 4.78 is 2.83. The van der Waals surface area contributed by atoms with Gasteiger partial charge in [0.15, 0.2) is 0 Å². The summed E-state index contributed by atoms with van der Waals surface area (Å²) in [5, 5.41) is 26.0.